The van der Waals surface area contributed by atoms with Crippen molar-refractivity contribution in [2.45, 2.75) is 0 Å². The molecule has 1 heterocycles. The number of aromatic amines is 1. The summed E-state index contributed by atoms with van der Waals surface area (Å²) in [5.74, 6) is 2.78. The number of aromatic nitrogens is 3. The largest absolute Gasteiger partial charge is 0.504 e. The molecule has 1 aromatic heterocycles. The summed E-state index contributed by atoms with van der Waals surface area (Å²) in [6.45, 7) is 0. The summed E-state index contributed by atoms with van der Waals surface area (Å²) in [7, 11) is 4.66. The normalized spacial score (nSPS) is 10.5. The number of benzene rings is 2. The smallest absolute Gasteiger partial charge is 0.181 e. The van der Waals surface area contributed by atoms with Crippen LogP contribution in [-0.4, -0.2) is 41.6 Å². The van der Waals surface area contributed by atoms with Gasteiger partial charge in [-0.25, -0.2) is 4.98 Å². The number of phenols is 1. The van der Waals surface area contributed by atoms with Gasteiger partial charge in [-0.3, -0.25) is 5.10 Å². The Morgan fingerprint density at radius 3 is 2.21 bits per heavy atom. The van der Waals surface area contributed by atoms with Crippen LogP contribution >= 0.6 is 0 Å². The van der Waals surface area contributed by atoms with Crippen LogP contribution in [0.15, 0.2) is 36.4 Å². The van der Waals surface area contributed by atoms with Crippen LogP contribution in [0.25, 0.3) is 22.8 Å². The lowest BCUT2D eigenvalue weighted by molar-refractivity contribution is 0.355. The van der Waals surface area contributed by atoms with Crippen molar-refractivity contribution in [1.82, 2.24) is 15.2 Å². The number of aromatic hydroxyl groups is 1. The average molecular weight is 327 g/mol. The highest BCUT2D eigenvalue weighted by Crippen LogP contribution is 2.33. The van der Waals surface area contributed by atoms with Gasteiger partial charge in [-0.15, -0.1) is 0 Å². The van der Waals surface area contributed by atoms with Crippen molar-refractivity contribution in [3.8, 4) is 45.8 Å². The molecule has 3 aromatic rings. The Morgan fingerprint density at radius 2 is 1.50 bits per heavy atom. The van der Waals surface area contributed by atoms with E-state index < -0.39 is 0 Å². The van der Waals surface area contributed by atoms with Gasteiger partial charge in [-0.1, -0.05) is 0 Å². The third-order valence-corrected chi connectivity index (χ3v) is 3.58. The van der Waals surface area contributed by atoms with E-state index in [0.29, 0.717) is 28.9 Å². The summed E-state index contributed by atoms with van der Waals surface area (Å²) in [6, 6.07) is 10.4. The van der Waals surface area contributed by atoms with Crippen LogP contribution in [0.2, 0.25) is 0 Å². The number of ether oxygens (including phenoxy) is 3. The molecule has 0 aliphatic heterocycles. The Hall–Kier alpha value is -3.22. The predicted molar refractivity (Wildman–Crippen MR) is 88.6 cm³/mol. The second-order valence-corrected chi connectivity index (χ2v) is 4.96. The monoisotopic (exact) mass is 327 g/mol. The van der Waals surface area contributed by atoms with E-state index in [2.05, 4.69) is 15.2 Å². The van der Waals surface area contributed by atoms with E-state index in [1.54, 1.807) is 38.5 Å². The molecule has 0 saturated carbocycles. The third kappa shape index (κ3) is 2.83. The van der Waals surface area contributed by atoms with Crippen molar-refractivity contribution in [2.75, 3.05) is 21.3 Å². The molecular formula is C17H17N3O4. The maximum absolute atomic E-state index is 9.68. The summed E-state index contributed by atoms with van der Waals surface area (Å²) in [5.41, 5.74) is 1.55. The second kappa shape index (κ2) is 6.49. The molecule has 2 N–H and O–H groups in total. The number of methoxy groups -OCH3 is 3. The maximum atomic E-state index is 9.68. The van der Waals surface area contributed by atoms with Crippen LogP contribution < -0.4 is 14.2 Å². The Bertz CT molecular complexity index is 861. The molecule has 124 valence electrons. The Morgan fingerprint density at radius 1 is 0.833 bits per heavy atom. The van der Waals surface area contributed by atoms with Gasteiger partial charge in [-0.2, -0.15) is 5.10 Å². The van der Waals surface area contributed by atoms with E-state index in [1.165, 1.54) is 7.11 Å². The van der Waals surface area contributed by atoms with Gasteiger partial charge >= 0.3 is 0 Å². The van der Waals surface area contributed by atoms with Crippen molar-refractivity contribution >= 4 is 0 Å². The van der Waals surface area contributed by atoms with E-state index in [1.807, 2.05) is 12.1 Å². The number of nitrogens with one attached hydrogen (secondary N) is 1. The van der Waals surface area contributed by atoms with E-state index in [4.69, 9.17) is 14.2 Å². The fraction of sp³-hybridized carbons (Fsp3) is 0.176. The molecule has 0 atom stereocenters. The van der Waals surface area contributed by atoms with Crippen molar-refractivity contribution in [2.24, 2.45) is 0 Å². The fourth-order valence-corrected chi connectivity index (χ4v) is 2.32. The first-order valence-electron chi connectivity index (χ1n) is 7.18. The van der Waals surface area contributed by atoms with E-state index in [0.717, 1.165) is 11.1 Å². The quantitative estimate of drug-likeness (QED) is 0.749. The highest BCUT2D eigenvalue weighted by molar-refractivity contribution is 5.66. The molecule has 0 amide bonds. The number of nitrogens with zero attached hydrogens (tertiary/aromatic N) is 2. The first-order valence-corrected chi connectivity index (χ1v) is 7.18. The van der Waals surface area contributed by atoms with Crippen LogP contribution in [0, 0.1) is 0 Å². The van der Waals surface area contributed by atoms with Crippen LogP contribution in [0.4, 0.5) is 0 Å². The predicted octanol–water partition coefficient (Wildman–Crippen LogP) is 2.87. The Labute approximate surface area is 138 Å². The summed E-state index contributed by atoms with van der Waals surface area (Å²) >= 11 is 0. The van der Waals surface area contributed by atoms with Gasteiger partial charge in [0.2, 0.25) is 0 Å². The van der Waals surface area contributed by atoms with Crippen molar-refractivity contribution < 1.29 is 19.3 Å². The molecule has 2 aromatic carbocycles. The van der Waals surface area contributed by atoms with Gasteiger partial charge in [0.25, 0.3) is 0 Å². The molecule has 0 fully saturated rings. The molecular weight excluding hydrogens is 310 g/mol. The molecule has 7 heteroatoms. The van der Waals surface area contributed by atoms with Gasteiger partial charge in [0.15, 0.2) is 34.6 Å². The van der Waals surface area contributed by atoms with Gasteiger partial charge in [0, 0.05) is 11.1 Å². The van der Waals surface area contributed by atoms with Crippen LogP contribution in [0.3, 0.4) is 0 Å². The number of rotatable bonds is 5. The number of hydrogen-bond donors (Lipinski definition) is 2. The first-order chi connectivity index (χ1) is 11.7. The highest BCUT2D eigenvalue weighted by Gasteiger charge is 2.12. The van der Waals surface area contributed by atoms with Crippen molar-refractivity contribution in [3.63, 3.8) is 0 Å². The lowest BCUT2D eigenvalue weighted by Crippen LogP contribution is -1.91. The molecule has 0 bridgehead atoms. The van der Waals surface area contributed by atoms with E-state index in [9.17, 15) is 5.11 Å². The molecule has 0 spiro atoms. The van der Waals surface area contributed by atoms with E-state index in [-0.39, 0.29) is 5.75 Å². The number of phenolic OH excluding ortho intramolecular Hbond substituents is 1. The molecule has 0 radical (unpaired) electrons. The Kier molecular flexibility index (Phi) is 4.24. The topological polar surface area (TPSA) is 89.5 Å². The van der Waals surface area contributed by atoms with E-state index >= 15 is 0 Å². The minimum absolute atomic E-state index is 0.0703. The third-order valence-electron chi connectivity index (χ3n) is 3.58. The standard InChI is InChI=1S/C17H17N3O4/c1-22-13-7-5-11(9-15(13)24-3)17-18-16(19-20-17)10-4-6-12(21)14(8-10)23-2/h4-9,21H,1-3H3,(H,18,19,20). The van der Waals surface area contributed by atoms with Crippen molar-refractivity contribution in [1.29, 1.82) is 0 Å². The average Bonchev–Trinajstić information content (AvgIpc) is 3.11. The SMILES string of the molecule is COc1cc(-c2nc(-c3ccc(OC)c(OC)c3)n[nH]2)ccc1O. The zero-order valence-corrected chi connectivity index (χ0v) is 13.5. The zero-order valence-electron chi connectivity index (χ0n) is 13.5. The summed E-state index contributed by atoms with van der Waals surface area (Å²) in [5, 5.41) is 16.8. The zero-order chi connectivity index (χ0) is 17.1. The minimum Gasteiger partial charge on any atom is -0.504 e. The molecule has 0 aliphatic rings. The fourth-order valence-electron chi connectivity index (χ4n) is 2.32. The molecule has 7 nitrogen and oxygen atoms in total. The molecule has 0 aliphatic carbocycles. The summed E-state index contributed by atoms with van der Waals surface area (Å²) in [4.78, 5) is 4.49. The van der Waals surface area contributed by atoms with Gasteiger partial charge in [-0.05, 0) is 36.4 Å². The van der Waals surface area contributed by atoms with Crippen LogP contribution in [0.5, 0.6) is 23.0 Å². The molecule has 0 saturated heterocycles. The lowest BCUT2D eigenvalue weighted by Gasteiger charge is -2.07. The lowest BCUT2D eigenvalue weighted by atomic mass is 10.1. The summed E-state index contributed by atoms with van der Waals surface area (Å²) in [6.07, 6.45) is 0. The molecule has 0 unspecified atom stereocenters. The van der Waals surface area contributed by atoms with Gasteiger partial charge in [0.1, 0.15) is 0 Å². The highest BCUT2D eigenvalue weighted by atomic mass is 16.5. The molecule has 24 heavy (non-hydrogen) atoms. The Balaban J connectivity index is 1.96. The second-order valence-electron chi connectivity index (χ2n) is 4.96. The first kappa shape index (κ1) is 15.7. The minimum atomic E-state index is 0.0703. The number of hydrogen-bond acceptors (Lipinski definition) is 6. The molecule has 3 rings (SSSR count). The maximum Gasteiger partial charge on any atom is 0.181 e. The van der Waals surface area contributed by atoms with Crippen LogP contribution in [-0.2, 0) is 0 Å². The van der Waals surface area contributed by atoms with Gasteiger partial charge in [0.05, 0.1) is 21.3 Å². The van der Waals surface area contributed by atoms with Crippen molar-refractivity contribution in [3.05, 3.63) is 36.4 Å². The summed E-state index contributed by atoms with van der Waals surface area (Å²) < 4.78 is 15.6. The number of H-pyrrole nitrogens is 1. The van der Waals surface area contributed by atoms with Crippen LogP contribution in [0.1, 0.15) is 0 Å². The van der Waals surface area contributed by atoms with Gasteiger partial charge < -0.3 is 19.3 Å².